The van der Waals surface area contributed by atoms with E-state index in [4.69, 9.17) is 4.74 Å². The Bertz CT molecular complexity index is 1220. The normalized spacial score (nSPS) is 14.4. The highest BCUT2D eigenvalue weighted by Crippen LogP contribution is 2.27. The van der Waals surface area contributed by atoms with Crippen molar-refractivity contribution < 1.29 is 14.3 Å². The molecule has 2 amide bonds. The molecule has 1 fully saturated rings. The third kappa shape index (κ3) is 8.43. The van der Waals surface area contributed by atoms with Crippen molar-refractivity contribution in [1.82, 2.24) is 10.2 Å². The number of aryl methyl sites for hydroxylation is 2. The van der Waals surface area contributed by atoms with Crippen LogP contribution in [0.4, 0.5) is 0 Å². The lowest BCUT2D eigenvalue weighted by atomic mass is 9.94. The van der Waals surface area contributed by atoms with Crippen LogP contribution in [0.1, 0.15) is 61.3 Å². The molecule has 206 valence electrons. The molecule has 0 spiro atoms. The maximum atomic E-state index is 13.9. The van der Waals surface area contributed by atoms with E-state index in [0.29, 0.717) is 18.7 Å². The summed E-state index contributed by atoms with van der Waals surface area (Å²) < 4.78 is 6.81. The lowest BCUT2D eigenvalue weighted by molar-refractivity contribution is -0.143. The van der Waals surface area contributed by atoms with E-state index in [0.717, 1.165) is 53.3 Å². The summed E-state index contributed by atoms with van der Waals surface area (Å²) in [6.07, 6.45) is 6.79. The van der Waals surface area contributed by atoms with Crippen LogP contribution in [0.25, 0.3) is 0 Å². The summed E-state index contributed by atoms with van der Waals surface area (Å²) in [6, 6.07) is 23.5. The molecule has 1 aliphatic rings. The summed E-state index contributed by atoms with van der Waals surface area (Å²) in [6.45, 7) is 4.31. The van der Waals surface area contributed by atoms with E-state index in [1.165, 1.54) is 12.0 Å². The zero-order valence-electron chi connectivity index (χ0n) is 23.0. The number of ether oxygens (including phenoxy) is 1. The van der Waals surface area contributed by atoms with Crippen molar-refractivity contribution >= 4 is 27.7 Å². The Morgan fingerprint density at radius 3 is 2.31 bits per heavy atom. The van der Waals surface area contributed by atoms with E-state index in [9.17, 15) is 9.59 Å². The van der Waals surface area contributed by atoms with Crippen LogP contribution in [0, 0.1) is 6.92 Å². The molecule has 1 saturated carbocycles. The molecule has 6 heteroatoms. The number of carbonyl (C=O) groups is 2. The molecule has 5 nitrogen and oxygen atoms in total. The summed E-state index contributed by atoms with van der Waals surface area (Å²) in [5, 5.41) is 3.28. The molecule has 3 aromatic carbocycles. The highest BCUT2D eigenvalue weighted by atomic mass is 79.9. The van der Waals surface area contributed by atoms with Crippen LogP contribution in [-0.2, 0) is 29.0 Å². The van der Waals surface area contributed by atoms with Gasteiger partial charge in [0.05, 0.1) is 4.47 Å². The third-order valence-corrected chi connectivity index (χ3v) is 8.07. The average molecular weight is 592 g/mol. The summed E-state index contributed by atoms with van der Waals surface area (Å²) >= 11 is 3.57. The minimum atomic E-state index is -0.655. The third-order valence-electron chi connectivity index (χ3n) is 7.45. The summed E-state index contributed by atoms with van der Waals surface area (Å²) in [5.74, 6) is 0.295. The van der Waals surface area contributed by atoms with Crippen LogP contribution in [-0.4, -0.2) is 35.4 Å². The molecule has 0 radical (unpaired) electrons. The van der Waals surface area contributed by atoms with Gasteiger partial charge in [0.25, 0.3) is 5.91 Å². The Labute approximate surface area is 241 Å². The van der Waals surface area contributed by atoms with Crippen molar-refractivity contribution in [3.63, 3.8) is 0 Å². The van der Waals surface area contributed by atoms with E-state index in [1.807, 2.05) is 79.7 Å². The van der Waals surface area contributed by atoms with Crippen LogP contribution in [0.5, 0.6) is 5.75 Å². The van der Waals surface area contributed by atoms with Gasteiger partial charge in [-0.25, -0.2) is 0 Å². The highest BCUT2D eigenvalue weighted by Gasteiger charge is 2.32. The van der Waals surface area contributed by atoms with Gasteiger partial charge in [-0.05, 0) is 70.9 Å². The number of nitrogens with one attached hydrogen (secondary N) is 1. The van der Waals surface area contributed by atoms with Crippen molar-refractivity contribution in [3.8, 4) is 5.75 Å². The van der Waals surface area contributed by atoms with Gasteiger partial charge in [-0.1, -0.05) is 92.4 Å². The number of nitrogens with zero attached hydrogens (tertiary/aromatic N) is 1. The molecule has 0 saturated heterocycles. The largest absolute Gasteiger partial charge is 0.483 e. The number of hydrogen-bond donors (Lipinski definition) is 1. The van der Waals surface area contributed by atoms with E-state index in [1.54, 1.807) is 4.90 Å². The minimum Gasteiger partial charge on any atom is -0.483 e. The van der Waals surface area contributed by atoms with Crippen molar-refractivity contribution in [2.24, 2.45) is 0 Å². The van der Waals surface area contributed by atoms with Crippen LogP contribution < -0.4 is 10.1 Å². The first-order valence-corrected chi connectivity index (χ1v) is 14.8. The van der Waals surface area contributed by atoms with Crippen LogP contribution >= 0.6 is 15.9 Å². The van der Waals surface area contributed by atoms with E-state index < -0.39 is 6.04 Å². The SMILES string of the molecule is CCc1ccc(OCC(=O)N(Cc2ccc(C)cc2)[C@H](Cc2ccccc2)C(=O)NC2CCCCC2)c(Br)c1. The molecule has 4 rings (SSSR count). The van der Waals surface area contributed by atoms with Gasteiger partial charge < -0.3 is 15.0 Å². The maximum Gasteiger partial charge on any atom is 0.261 e. The number of benzene rings is 3. The van der Waals surface area contributed by atoms with Gasteiger partial charge in [-0.2, -0.15) is 0 Å². The fourth-order valence-electron chi connectivity index (χ4n) is 5.09. The van der Waals surface area contributed by atoms with Crippen molar-refractivity contribution in [2.45, 2.75) is 77.4 Å². The van der Waals surface area contributed by atoms with E-state index in [2.05, 4.69) is 28.2 Å². The van der Waals surface area contributed by atoms with Crippen LogP contribution in [0.2, 0.25) is 0 Å². The zero-order valence-corrected chi connectivity index (χ0v) is 24.6. The maximum absolute atomic E-state index is 13.9. The van der Waals surface area contributed by atoms with Crippen molar-refractivity contribution in [3.05, 3.63) is 99.5 Å². The van der Waals surface area contributed by atoms with Gasteiger partial charge in [0.2, 0.25) is 5.91 Å². The first-order chi connectivity index (χ1) is 18.9. The molecular formula is C33H39BrN2O3. The molecule has 39 heavy (non-hydrogen) atoms. The lowest BCUT2D eigenvalue weighted by Crippen LogP contribution is -2.53. The molecule has 3 aromatic rings. The van der Waals surface area contributed by atoms with Crippen molar-refractivity contribution in [2.75, 3.05) is 6.61 Å². The molecule has 1 aliphatic carbocycles. The second kappa shape index (κ2) is 14.3. The molecular weight excluding hydrogens is 552 g/mol. The standard InChI is InChI=1S/C33H39BrN2O3/c1-3-25-18-19-31(29(34)20-25)39-23-32(37)36(22-27-16-14-24(2)15-17-27)30(21-26-10-6-4-7-11-26)33(38)35-28-12-8-5-9-13-28/h4,6-7,10-11,14-20,28,30H,3,5,8-9,12-13,21-23H2,1-2H3,(H,35,38)/t30-/m1/s1. The Hall–Kier alpha value is -3.12. The monoisotopic (exact) mass is 590 g/mol. The Kier molecular flexibility index (Phi) is 10.6. The second-order valence-corrected chi connectivity index (χ2v) is 11.3. The molecule has 0 unspecified atom stereocenters. The van der Waals surface area contributed by atoms with Gasteiger partial charge in [0, 0.05) is 19.0 Å². The Morgan fingerprint density at radius 2 is 1.64 bits per heavy atom. The van der Waals surface area contributed by atoms with Gasteiger partial charge in [0.15, 0.2) is 6.61 Å². The number of halogens is 1. The number of carbonyl (C=O) groups excluding carboxylic acids is 2. The Morgan fingerprint density at radius 1 is 0.949 bits per heavy atom. The molecule has 1 N–H and O–H groups in total. The van der Waals surface area contributed by atoms with Crippen LogP contribution in [0.15, 0.2) is 77.3 Å². The predicted molar refractivity (Wildman–Crippen MR) is 160 cm³/mol. The zero-order chi connectivity index (χ0) is 27.6. The lowest BCUT2D eigenvalue weighted by Gasteiger charge is -2.33. The average Bonchev–Trinajstić information content (AvgIpc) is 2.96. The Balaban J connectivity index is 1.60. The summed E-state index contributed by atoms with van der Waals surface area (Å²) in [7, 11) is 0. The molecule has 1 atom stereocenters. The number of rotatable bonds is 11. The summed E-state index contributed by atoms with van der Waals surface area (Å²) in [5.41, 5.74) is 4.33. The van der Waals surface area contributed by atoms with Crippen molar-refractivity contribution in [1.29, 1.82) is 0 Å². The predicted octanol–water partition coefficient (Wildman–Crippen LogP) is 6.79. The van der Waals surface area contributed by atoms with Gasteiger partial charge >= 0.3 is 0 Å². The number of hydrogen-bond acceptors (Lipinski definition) is 3. The topological polar surface area (TPSA) is 58.6 Å². The molecule has 0 bridgehead atoms. The second-order valence-electron chi connectivity index (χ2n) is 10.5. The molecule has 0 aromatic heterocycles. The summed E-state index contributed by atoms with van der Waals surface area (Å²) in [4.78, 5) is 29.4. The number of amides is 2. The fourth-order valence-corrected chi connectivity index (χ4v) is 5.63. The van der Waals surface area contributed by atoms with E-state index in [-0.39, 0.29) is 24.5 Å². The van der Waals surface area contributed by atoms with Gasteiger partial charge in [-0.15, -0.1) is 0 Å². The fraction of sp³-hybridized carbons (Fsp3) is 0.394. The van der Waals surface area contributed by atoms with Gasteiger partial charge in [0.1, 0.15) is 11.8 Å². The molecule has 0 heterocycles. The van der Waals surface area contributed by atoms with Crippen LogP contribution in [0.3, 0.4) is 0 Å². The minimum absolute atomic E-state index is 0.0975. The first-order valence-electron chi connectivity index (χ1n) is 14.0. The van der Waals surface area contributed by atoms with Gasteiger partial charge in [-0.3, -0.25) is 9.59 Å². The molecule has 0 aliphatic heterocycles. The quantitative estimate of drug-likeness (QED) is 0.267. The highest BCUT2D eigenvalue weighted by molar-refractivity contribution is 9.10. The first kappa shape index (κ1) is 28.9. The smallest absolute Gasteiger partial charge is 0.261 e. The van der Waals surface area contributed by atoms with E-state index >= 15 is 0 Å².